The maximum absolute atomic E-state index is 2.24. The molecule has 0 radical (unpaired) electrons. The number of hydrogen-bond acceptors (Lipinski definition) is 0. The minimum Gasteiger partial charge on any atom is -1.00 e. The third-order valence-electron chi connectivity index (χ3n) is 2.30. The zero-order valence-electron chi connectivity index (χ0n) is 7.70. The van der Waals surface area contributed by atoms with Crippen LogP contribution in [0.4, 0.5) is 0 Å². The van der Waals surface area contributed by atoms with Gasteiger partial charge in [0.05, 0.1) is 0 Å². The predicted octanol–water partition coefficient (Wildman–Crippen LogP) is -4.87. The molecule has 0 saturated heterocycles. The minimum absolute atomic E-state index is 0. The quantitative estimate of drug-likeness (QED) is 0.401. The molecule has 0 aromatic carbocycles. The molecule has 0 unspecified atom stereocenters. The molecule has 67 valence electrons. The van der Waals surface area contributed by atoms with Gasteiger partial charge in [-0.3, -0.25) is 0 Å². The van der Waals surface area contributed by atoms with Crippen LogP contribution in [-0.4, -0.2) is 4.57 Å². The first-order valence-corrected chi connectivity index (χ1v) is 4.18. The Morgan fingerprint density at radius 1 is 1.00 bits per heavy atom. The molecule has 1 heterocycles. The molecule has 0 amide bonds. The average Bonchev–Trinajstić information content (AvgIpc) is 2.07. The molecule has 1 nitrogen and oxygen atoms in total. The summed E-state index contributed by atoms with van der Waals surface area (Å²) in [4.78, 5) is 0. The molecule has 0 fully saturated rings. The van der Waals surface area contributed by atoms with Crippen LogP contribution >= 0.6 is 0 Å². The smallest absolute Gasteiger partial charge is 1.00 e. The molecular formula is C8H12Cl2NTi. The fourth-order valence-corrected chi connectivity index (χ4v) is 1.67. The number of rotatable bonds is 0. The van der Waals surface area contributed by atoms with Crippen LogP contribution in [0.3, 0.4) is 0 Å². The second-order valence-electron chi connectivity index (χ2n) is 2.74. The van der Waals surface area contributed by atoms with E-state index in [4.69, 9.17) is 0 Å². The molecule has 0 N–H and O–H groups in total. The molecule has 0 spiro atoms. The zero-order valence-corrected chi connectivity index (χ0v) is 10.8. The van der Waals surface area contributed by atoms with Crippen molar-refractivity contribution >= 4 is 4.00 Å². The third kappa shape index (κ3) is 2.29. The van der Waals surface area contributed by atoms with E-state index >= 15 is 0 Å². The molecule has 12 heavy (non-hydrogen) atoms. The summed E-state index contributed by atoms with van der Waals surface area (Å²) < 4.78 is 3.62. The molecule has 1 aromatic heterocycles. The second kappa shape index (κ2) is 5.34. The van der Waals surface area contributed by atoms with Crippen molar-refractivity contribution in [2.75, 3.05) is 0 Å². The number of hydrogen-bond donors (Lipinski definition) is 0. The van der Waals surface area contributed by atoms with Crippen LogP contribution in [0.2, 0.25) is 0 Å². The van der Waals surface area contributed by atoms with Crippen molar-refractivity contribution in [3.63, 3.8) is 0 Å². The Kier molecular flexibility index (Phi) is 6.70. The first-order valence-electron chi connectivity index (χ1n) is 3.39. The molecule has 0 aliphatic heterocycles. The van der Waals surface area contributed by atoms with E-state index in [0.717, 1.165) is 0 Å². The van der Waals surface area contributed by atoms with Crippen molar-refractivity contribution in [3.05, 3.63) is 16.8 Å². The summed E-state index contributed by atoms with van der Waals surface area (Å²) in [7, 11) is 2.12. The first kappa shape index (κ1) is 15.1. The maximum atomic E-state index is 2.24. The van der Waals surface area contributed by atoms with E-state index in [1.165, 1.54) is 20.8 Å². The molecule has 1 aromatic rings. The maximum Gasteiger partial charge on any atom is -1.00 e. The first-order chi connectivity index (χ1) is 4.55. The Labute approximate surface area is 98.1 Å². The fraction of sp³-hybridized carbons (Fsp3) is 0.500. The van der Waals surface area contributed by atoms with E-state index in [-0.39, 0.29) is 24.8 Å². The topological polar surface area (TPSA) is 4.93 Å². The Balaban J connectivity index is 0. The van der Waals surface area contributed by atoms with Crippen LogP contribution in [0, 0.1) is 20.8 Å². The fourth-order valence-electron chi connectivity index (χ4n) is 1.12. The molecular weight excluding hydrogens is 229 g/mol. The van der Waals surface area contributed by atoms with Gasteiger partial charge >= 0.3 is 73.6 Å². The second-order valence-corrected chi connectivity index (χ2v) is 3.48. The van der Waals surface area contributed by atoms with Gasteiger partial charge in [-0.1, -0.05) is 0 Å². The minimum atomic E-state index is 0. The summed E-state index contributed by atoms with van der Waals surface area (Å²) in [6.45, 7) is 6.52. The predicted molar refractivity (Wildman–Crippen MR) is 39.3 cm³/mol. The molecule has 0 aliphatic rings. The van der Waals surface area contributed by atoms with E-state index in [1.54, 1.807) is 0 Å². The van der Waals surface area contributed by atoms with Gasteiger partial charge < -0.3 is 24.8 Å². The molecule has 1 rings (SSSR count). The Bertz CT molecular complexity index is 188. The largest absolute Gasteiger partial charge is 1.00 e. The normalized spacial score (nSPS) is 8.83. The van der Waals surface area contributed by atoms with Gasteiger partial charge in [0.15, 0.2) is 0 Å². The summed E-state index contributed by atoms with van der Waals surface area (Å²) in [5.41, 5.74) is 4.25. The van der Waals surface area contributed by atoms with Crippen molar-refractivity contribution < 1.29 is 45.2 Å². The van der Waals surface area contributed by atoms with Gasteiger partial charge in [-0.15, -0.1) is 0 Å². The monoisotopic (exact) mass is 240 g/mol. The summed E-state index contributed by atoms with van der Waals surface area (Å²) >= 11 is 2.16. The van der Waals surface area contributed by atoms with Gasteiger partial charge in [-0.25, -0.2) is 0 Å². The van der Waals surface area contributed by atoms with Gasteiger partial charge in [-0.05, 0) is 0 Å². The molecule has 4 heteroatoms. The SMILES string of the molecule is Cc1c(C)[c]([Ti+2])n(C)c1C.[Cl-].[Cl-]. The van der Waals surface area contributed by atoms with Crippen molar-refractivity contribution in [2.45, 2.75) is 20.8 Å². The van der Waals surface area contributed by atoms with Crippen LogP contribution in [0.1, 0.15) is 16.8 Å². The van der Waals surface area contributed by atoms with Crippen molar-refractivity contribution in [1.29, 1.82) is 0 Å². The van der Waals surface area contributed by atoms with E-state index in [0.29, 0.717) is 0 Å². The summed E-state index contributed by atoms with van der Waals surface area (Å²) in [6.07, 6.45) is 0. The molecule has 0 atom stereocenters. The summed E-state index contributed by atoms with van der Waals surface area (Å²) in [6, 6.07) is 0. The molecule has 0 aliphatic carbocycles. The Morgan fingerprint density at radius 3 is 1.50 bits per heavy atom. The van der Waals surface area contributed by atoms with Crippen LogP contribution in [0.15, 0.2) is 0 Å². The summed E-state index contributed by atoms with van der Waals surface area (Å²) in [5, 5.41) is 0. The van der Waals surface area contributed by atoms with E-state index in [2.05, 4.69) is 52.8 Å². The van der Waals surface area contributed by atoms with Crippen molar-refractivity contribution in [1.82, 2.24) is 4.57 Å². The van der Waals surface area contributed by atoms with Crippen molar-refractivity contribution in [2.24, 2.45) is 7.05 Å². The standard InChI is InChI=1S/C8H12N.2ClH.Ti/c1-6-5-9(4)8(3)7(6)2;;;/h1-4H3;2*1H;/q;;;+2/p-2. The van der Waals surface area contributed by atoms with Gasteiger partial charge in [0, 0.05) is 0 Å². The Hall–Kier alpha value is 0.574. The van der Waals surface area contributed by atoms with Crippen molar-refractivity contribution in [3.8, 4) is 0 Å². The van der Waals surface area contributed by atoms with Gasteiger partial charge in [0.25, 0.3) is 0 Å². The van der Waals surface area contributed by atoms with Gasteiger partial charge in [-0.2, -0.15) is 0 Å². The third-order valence-corrected chi connectivity index (χ3v) is 3.41. The van der Waals surface area contributed by atoms with Crippen LogP contribution in [0.5, 0.6) is 0 Å². The van der Waals surface area contributed by atoms with E-state index in [1.807, 2.05) is 0 Å². The zero-order chi connectivity index (χ0) is 7.89. The van der Waals surface area contributed by atoms with E-state index in [9.17, 15) is 0 Å². The van der Waals surface area contributed by atoms with E-state index < -0.39 is 0 Å². The van der Waals surface area contributed by atoms with Crippen LogP contribution in [0.25, 0.3) is 0 Å². The number of aromatic nitrogens is 1. The number of nitrogens with zero attached hydrogens (tertiary/aromatic N) is 1. The van der Waals surface area contributed by atoms with Gasteiger partial charge in [0.2, 0.25) is 0 Å². The molecule has 0 bridgehead atoms. The molecule has 0 saturated carbocycles. The van der Waals surface area contributed by atoms with Crippen LogP contribution in [-0.2, 0) is 27.5 Å². The van der Waals surface area contributed by atoms with Gasteiger partial charge in [0.1, 0.15) is 0 Å². The van der Waals surface area contributed by atoms with Crippen LogP contribution < -0.4 is 28.8 Å². The Morgan fingerprint density at radius 2 is 1.42 bits per heavy atom. The number of halogens is 2. The average molecular weight is 241 g/mol. The summed E-state index contributed by atoms with van der Waals surface area (Å²) in [5.74, 6) is 0.